The Balaban J connectivity index is 1.56. The van der Waals surface area contributed by atoms with Crippen LogP contribution in [-0.2, 0) is 0 Å². The molecule has 3 heteroatoms. The summed E-state index contributed by atoms with van der Waals surface area (Å²) in [4.78, 5) is 2.53. The van der Waals surface area contributed by atoms with Crippen LogP contribution in [-0.4, -0.2) is 31.7 Å². The molecule has 3 nitrogen and oxygen atoms in total. The Hall–Kier alpha value is -2.00. The molecule has 1 aliphatic rings. The lowest BCUT2D eigenvalue weighted by Crippen LogP contribution is -2.28. The first-order valence-corrected chi connectivity index (χ1v) is 8.34. The van der Waals surface area contributed by atoms with Crippen molar-refractivity contribution < 1.29 is 9.47 Å². The molecule has 2 aromatic carbocycles. The third-order valence-corrected chi connectivity index (χ3v) is 4.50. The third kappa shape index (κ3) is 4.05. The van der Waals surface area contributed by atoms with E-state index in [0.717, 1.165) is 31.2 Å². The molecule has 1 atom stereocenters. The van der Waals surface area contributed by atoms with Gasteiger partial charge in [-0.05, 0) is 61.7 Å². The zero-order valence-electron chi connectivity index (χ0n) is 14.0. The first kappa shape index (κ1) is 15.9. The van der Waals surface area contributed by atoms with Crippen LogP contribution in [0.1, 0.15) is 30.0 Å². The van der Waals surface area contributed by atoms with E-state index in [9.17, 15) is 0 Å². The molecule has 122 valence electrons. The average Bonchev–Trinajstić information content (AvgIpc) is 3.03. The Bertz CT molecular complexity index is 624. The lowest BCUT2D eigenvalue weighted by Gasteiger charge is -2.25. The number of nitrogens with zero attached hydrogens (tertiary/aromatic N) is 1. The quantitative estimate of drug-likeness (QED) is 0.797. The van der Waals surface area contributed by atoms with E-state index in [-0.39, 0.29) is 0 Å². The zero-order valence-corrected chi connectivity index (χ0v) is 14.0. The molecular weight excluding hydrogens is 286 g/mol. The highest BCUT2D eigenvalue weighted by atomic mass is 16.5. The van der Waals surface area contributed by atoms with Gasteiger partial charge < -0.3 is 9.47 Å². The summed E-state index contributed by atoms with van der Waals surface area (Å²) in [6.45, 7) is 4.93. The van der Waals surface area contributed by atoms with Gasteiger partial charge in [0.2, 0.25) is 0 Å². The molecule has 1 unspecified atom stereocenters. The maximum absolute atomic E-state index is 5.91. The van der Waals surface area contributed by atoms with Crippen LogP contribution in [0.25, 0.3) is 0 Å². The number of ether oxygens (including phenoxy) is 2. The lowest BCUT2D eigenvalue weighted by atomic mass is 10.0. The van der Waals surface area contributed by atoms with E-state index >= 15 is 0 Å². The van der Waals surface area contributed by atoms with Crippen molar-refractivity contribution in [2.75, 3.05) is 26.8 Å². The molecule has 1 heterocycles. The summed E-state index contributed by atoms with van der Waals surface area (Å²) in [6.07, 6.45) is 2.47. The summed E-state index contributed by atoms with van der Waals surface area (Å²) in [6, 6.07) is 17.2. The average molecular weight is 311 g/mol. The minimum atomic E-state index is 0.502. The van der Waals surface area contributed by atoms with Gasteiger partial charge in [-0.25, -0.2) is 0 Å². The van der Waals surface area contributed by atoms with Gasteiger partial charge in [-0.2, -0.15) is 0 Å². The summed E-state index contributed by atoms with van der Waals surface area (Å²) in [5.74, 6) is 1.88. The van der Waals surface area contributed by atoms with Gasteiger partial charge in [0.1, 0.15) is 18.1 Å². The monoisotopic (exact) mass is 311 g/mol. The Morgan fingerprint density at radius 1 is 1.09 bits per heavy atom. The van der Waals surface area contributed by atoms with Crippen LogP contribution in [0.4, 0.5) is 0 Å². The van der Waals surface area contributed by atoms with Crippen LogP contribution in [0.5, 0.6) is 11.5 Å². The fourth-order valence-electron chi connectivity index (χ4n) is 3.28. The molecule has 2 aromatic rings. The molecule has 0 amide bonds. The van der Waals surface area contributed by atoms with Crippen molar-refractivity contribution in [1.82, 2.24) is 4.90 Å². The Morgan fingerprint density at radius 3 is 2.65 bits per heavy atom. The predicted octanol–water partition coefficient (Wildman–Crippen LogP) is 4.22. The molecule has 3 rings (SSSR count). The van der Waals surface area contributed by atoms with Crippen molar-refractivity contribution in [2.45, 2.75) is 25.8 Å². The van der Waals surface area contributed by atoms with E-state index < -0.39 is 0 Å². The van der Waals surface area contributed by atoms with Crippen LogP contribution >= 0.6 is 0 Å². The summed E-state index contributed by atoms with van der Waals surface area (Å²) in [5.41, 5.74) is 2.61. The minimum Gasteiger partial charge on any atom is -0.497 e. The molecule has 1 fully saturated rings. The number of likely N-dealkylation sites (tertiary alicyclic amines) is 1. The van der Waals surface area contributed by atoms with Gasteiger partial charge in [0.15, 0.2) is 0 Å². The second-order valence-electron chi connectivity index (χ2n) is 6.13. The minimum absolute atomic E-state index is 0.502. The van der Waals surface area contributed by atoms with Crippen LogP contribution in [0, 0.1) is 6.92 Å². The number of methoxy groups -OCH3 is 1. The SMILES string of the molecule is COc1ccc(C2CCCN2CCOc2cccc(C)c2)cc1. The zero-order chi connectivity index (χ0) is 16.1. The van der Waals surface area contributed by atoms with Crippen LogP contribution in [0.2, 0.25) is 0 Å². The first-order chi connectivity index (χ1) is 11.3. The Morgan fingerprint density at radius 2 is 1.91 bits per heavy atom. The lowest BCUT2D eigenvalue weighted by molar-refractivity contribution is 0.197. The van der Waals surface area contributed by atoms with Crippen molar-refractivity contribution in [3.8, 4) is 11.5 Å². The van der Waals surface area contributed by atoms with E-state index in [4.69, 9.17) is 9.47 Å². The Labute approximate surface area is 138 Å². The van der Waals surface area contributed by atoms with E-state index in [1.165, 1.54) is 24.0 Å². The third-order valence-electron chi connectivity index (χ3n) is 4.50. The molecule has 1 saturated heterocycles. The van der Waals surface area contributed by atoms with Crippen molar-refractivity contribution >= 4 is 0 Å². The van der Waals surface area contributed by atoms with E-state index in [1.807, 2.05) is 12.1 Å². The van der Waals surface area contributed by atoms with E-state index in [2.05, 4.69) is 48.2 Å². The topological polar surface area (TPSA) is 21.7 Å². The van der Waals surface area contributed by atoms with E-state index in [1.54, 1.807) is 7.11 Å². The summed E-state index contributed by atoms with van der Waals surface area (Å²) in [5, 5.41) is 0. The van der Waals surface area contributed by atoms with Crippen molar-refractivity contribution in [3.05, 3.63) is 59.7 Å². The molecule has 1 aliphatic heterocycles. The summed E-state index contributed by atoms with van der Waals surface area (Å²) < 4.78 is 11.2. The number of hydrogen-bond acceptors (Lipinski definition) is 3. The van der Waals surface area contributed by atoms with Crippen molar-refractivity contribution in [1.29, 1.82) is 0 Å². The molecule has 0 aliphatic carbocycles. The molecule has 0 radical (unpaired) electrons. The van der Waals surface area contributed by atoms with Gasteiger partial charge >= 0.3 is 0 Å². The van der Waals surface area contributed by atoms with Gasteiger partial charge in [0.25, 0.3) is 0 Å². The van der Waals surface area contributed by atoms with Crippen molar-refractivity contribution in [2.24, 2.45) is 0 Å². The fourth-order valence-corrected chi connectivity index (χ4v) is 3.28. The van der Waals surface area contributed by atoms with Gasteiger partial charge in [-0.15, -0.1) is 0 Å². The fraction of sp³-hybridized carbons (Fsp3) is 0.400. The summed E-state index contributed by atoms with van der Waals surface area (Å²) >= 11 is 0. The van der Waals surface area contributed by atoms with Gasteiger partial charge in [-0.1, -0.05) is 24.3 Å². The molecule has 0 spiro atoms. The van der Waals surface area contributed by atoms with Crippen molar-refractivity contribution in [3.63, 3.8) is 0 Å². The Kier molecular flexibility index (Phi) is 5.19. The molecule has 23 heavy (non-hydrogen) atoms. The van der Waals surface area contributed by atoms with E-state index in [0.29, 0.717) is 6.04 Å². The van der Waals surface area contributed by atoms with Crippen LogP contribution in [0.15, 0.2) is 48.5 Å². The second-order valence-corrected chi connectivity index (χ2v) is 6.13. The first-order valence-electron chi connectivity index (χ1n) is 8.34. The normalized spacial score (nSPS) is 18.1. The smallest absolute Gasteiger partial charge is 0.119 e. The highest BCUT2D eigenvalue weighted by Crippen LogP contribution is 2.32. The van der Waals surface area contributed by atoms with Gasteiger partial charge in [0.05, 0.1) is 7.11 Å². The number of benzene rings is 2. The van der Waals surface area contributed by atoms with Gasteiger partial charge in [0, 0.05) is 12.6 Å². The molecule has 0 saturated carbocycles. The maximum Gasteiger partial charge on any atom is 0.119 e. The number of rotatable bonds is 6. The van der Waals surface area contributed by atoms with Crippen LogP contribution in [0.3, 0.4) is 0 Å². The molecular formula is C20H25NO2. The largest absolute Gasteiger partial charge is 0.497 e. The van der Waals surface area contributed by atoms with Gasteiger partial charge in [-0.3, -0.25) is 4.90 Å². The second kappa shape index (κ2) is 7.51. The summed E-state index contributed by atoms with van der Waals surface area (Å²) in [7, 11) is 1.71. The molecule has 0 N–H and O–H groups in total. The molecule has 0 bridgehead atoms. The maximum atomic E-state index is 5.91. The number of aryl methyl sites for hydroxylation is 1. The molecule has 0 aromatic heterocycles. The predicted molar refractivity (Wildman–Crippen MR) is 93.2 cm³/mol. The van der Waals surface area contributed by atoms with Crippen LogP contribution < -0.4 is 9.47 Å². The standard InChI is InChI=1S/C20H25NO2/c1-16-5-3-6-19(15-16)23-14-13-21-12-4-7-20(21)17-8-10-18(22-2)11-9-17/h3,5-6,8-11,15,20H,4,7,12-14H2,1-2H3. The highest BCUT2D eigenvalue weighted by Gasteiger charge is 2.25. The highest BCUT2D eigenvalue weighted by molar-refractivity contribution is 5.30. The number of hydrogen-bond donors (Lipinski definition) is 0.